The molecule has 0 atom stereocenters. The third-order valence-corrected chi connectivity index (χ3v) is 8.01. The quantitative estimate of drug-likeness (QED) is 0.462. The molecule has 1 heterocycles. The Hall–Kier alpha value is -2.29. The monoisotopic (exact) mass is 507 g/mol. The van der Waals surface area contributed by atoms with Crippen molar-refractivity contribution in [2.24, 2.45) is 5.92 Å². The number of carbonyl (C=O) groups excluding carboxylic acids is 1. The number of halogens is 1. The number of hydrogen-bond acceptors (Lipinski definition) is 5. The Kier molecular flexibility index (Phi) is 9.62. The molecule has 0 radical (unpaired) electrons. The fourth-order valence-electron chi connectivity index (χ4n) is 3.93. The number of likely N-dealkylation sites (tertiary alicyclic amines) is 1. The molecule has 0 saturated carbocycles. The van der Waals surface area contributed by atoms with E-state index in [1.54, 1.807) is 24.3 Å². The summed E-state index contributed by atoms with van der Waals surface area (Å²) in [5, 5.41) is 3.32. The molecular formula is C25H34ClN3O4S. The lowest BCUT2D eigenvalue weighted by atomic mass is 9.99. The van der Waals surface area contributed by atoms with Gasteiger partial charge in [-0.2, -0.15) is 0 Å². The number of benzene rings is 2. The van der Waals surface area contributed by atoms with Crippen LogP contribution in [-0.4, -0.2) is 58.6 Å². The summed E-state index contributed by atoms with van der Waals surface area (Å²) in [5.74, 6) is 1.07. The molecule has 3 rings (SSSR count). The molecule has 2 aromatic carbocycles. The SMILES string of the molecule is CCOc1ccc(N(CC(=O)NCCCN2CCC(C)CC2)S(=O)(=O)c2ccc(Cl)cc2)cc1. The van der Waals surface area contributed by atoms with Gasteiger partial charge in [0.2, 0.25) is 5.91 Å². The van der Waals surface area contributed by atoms with Crippen LogP contribution in [0.25, 0.3) is 0 Å². The molecule has 34 heavy (non-hydrogen) atoms. The number of hydrogen-bond donors (Lipinski definition) is 1. The summed E-state index contributed by atoms with van der Waals surface area (Å²) in [6.07, 6.45) is 3.25. The van der Waals surface area contributed by atoms with Crippen molar-refractivity contribution >= 4 is 33.2 Å². The number of carbonyl (C=O) groups is 1. The molecule has 1 aliphatic rings. The van der Waals surface area contributed by atoms with Gasteiger partial charge in [-0.1, -0.05) is 18.5 Å². The van der Waals surface area contributed by atoms with Gasteiger partial charge in [0.05, 0.1) is 17.2 Å². The van der Waals surface area contributed by atoms with Crippen molar-refractivity contribution in [2.45, 2.75) is 38.0 Å². The fourth-order valence-corrected chi connectivity index (χ4v) is 5.47. The molecule has 1 fully saturated rings. The van der Waals surface area contributed by atoms with Gasteiger partial charge in [0.15, 0.2) is 0 Å². The van der Waals surface area contributed by atoms with Crippen molar-refractivity contribution in [3.63, 3.8) is 0 Å². The lowest BCUT2D eigenvalue weighted by Gasteiger charge is -2.30. The molecule has 1 amide bonds. The smallest absolute Gasteiger partial charge is 0.264 e. The van der Waals surface area contributed by atoms with E-state index in [-0.39, 0.29) is 17.3 Å². The van der Waals surface area contributed by atoms with Gasteiger partial charge in [0.1, 0.15) is 12.3 Å². The van der Waals surface area contributed by atoms with Gasteiger partial charge in [-0.15, -0.1) is 0 Å². The van der Waals surface area contributed by atoms with Gasteiger partial charge in [-0.25, -0.2) is 8.42 Å². The first kappa shape index (κ1) is 26.3. The Morgan fingerprint density at radius 1 is 1.12 bits per heavy atom. The normalized spacial score (nSPS) is 15.1. The van der Waals surface area contributed by atoms with E-state index in [9.17, 15) is 13.2 Å². The van der Waals surface area contributed by atoms with Crippen LogP contribution in [0.2, 0.25) is 5.02 Å². The number of ether oxygens (including phenoxy) is 1. The molecule has 2 aromatic rings. The number of amides is 1. The summed E-state index contributed by atoms with van der Waals surface area (Å²) in [4.78, 5) is 15.2. The van der Waals surface area contributed by atoms with E-state index in [0.29, 0.717) is 29.6 Å². The van der Waals surface area contributed by atoms with E-state index in [1.807, 2.05) is 6.92 Å². The summed E-state index contributed by atoms with van der Waals surface area (Å²) in [6, 6.07) is 12.6. The second kappa shape index (κ2) is 12.4. The highest BCUT2D eigenvalue weighted by atomic mass is 35.5. The highest BCUT2D eigenvalue weighted by Gasteiger charge is 2.27. The zero-order valence-electron chi connectivity index (χ0n) is 19.9. The summed E-state index contributed by atoms with van der Waals surface area (Å²) in [6.45, 7) is 7.97. The van der Waals surface area contributed by atoms with Crippen LogP contribution in [0.3, 0.4) is 0 Å². The van der Waals surface area contributed by atoms with Gasteiger partial charge in [0, 0.05) is 11.6 Å². The van der Waals surface area contributed by atoms with Crippen LogP contribution in [-0.2, 0) is 14.8 Å². The van der Waals surface area contributed by atoms with Crippen molar-refractivity contribution in [2.75, 3.05) is 43.6 Å². The molecule has 186 valence electrons. The average molecular weight is 508 g/mol. The molecule has 0 bridgehead atoms. The maximum Gasteiger partial charge on any atom is 0.264 e. The van der Waals surface area contributed by atoms with Crippen molar-refractivity contribution < 1.29 is 17.9 Å². The summed E-state index contributed by atoms with van der Waals surface area (Å²) in [5.41, 5.74) is 0.385. The predicted octanol–water partition coefficient (Wildman–Crippen LogP) is 4.17. The zero-order valence-corrected chi connectivity index (χ0v) is 21.4. The van der Waals surface area contributed by atoms with Crippen molar-refractivity contribution in [3.05, 3.63) is 53.6 Å². The number of rotatable bonds is 11. The molecule has 0 aromatic heterocycles. The van der Waals surface area contributed by atoms with E-state index in [0.717, 1.165) is 36.3 Å². The Labute approximate surface area is 208 Å². The van der Waals surface area contributed by atoms with Crippen molar-refractivity contribution in [1.29, 1.82) is 0 Å². The van der Waals surface area contributed by atoms with E-state index in [2.05, 4.69) is 17.1 Å². The predicted molar refractivity (Wildman–Crippen MR) is 136 cm³/mol. The van der Waals surface area contributed by atoms with Crippen LogP contribution in [0.15, 0.2) is 53.4 Å². The molecule has 9 heteroatoms. The third kappa shape index (κ3) is 7.35. The minimum atomic E-state index is -3.98. The zero-order chi connectivity index (χ0) is 24.6. The number of nitrogens with zero attached hydrogens (tertiary/aromatic N) is 2. The molecule has 7 nitrogen and oxygen atoms in total. The number of nitrogens with one attached hydrogen (secondary N) is 1. The lowest BCUT2D eigenvalue weighted by Crippen LogP contribution is -2.41. The standard InChI is InChI=1S/C25H34ClN3O4S/c1-3-33-23-9-7-22(8-10-23)29(34(31,32)24-11-5-21(26)6-12-24)19-25(30)27-15-4-16-28-17-13-20(2)14-18-28/h5-12,20H,3-4,13-19H2,1-2H3,(H,27,30). The largest absolute Gasteiger partial charge is 0.494 e. The molecule has 1 N–H and O–H groups in total. The average Bonchev–Trinajstić information content (AvgIpc) is 2.82. The topological polar surface area (TPSA) is 79.0 Å². The minimum Gasteiger partial charge on any atom is -0.494 e. The van der Waals surface area contributed by atoms with Gasteiger partial charge in [-0.05, 0) is 100 Å². The third-order valence-electron chi connectivity index (χ3n) is 5.97. The Morgan fingerprint density at radius 3 is 2.38 bits per heavy atom. The molecule has 0 unspecified atom stereocenters. The first-order chi connectivity index (χ1) is 16.3. The van der Waals surface area contributed by atoms with E-state index in [1.165, 1.54) is 37.1 Å². The van der Waals surface area contributed by atoms with Gasteiger partial charge in [-0.3, -0.25) is 9.10 Å². The minimum absolute atomic E-state index is 0.0675. The van der Waals surface area contributed by atoms with Gasteiger partial charge in [0.25, 0.3) is 10.0 Å². The maximum atomic E-state index is 13.4. The maximum absolute atomic E-state index is 13.4. The second-order valence-corrected chi connectivity index (χ2v) is 10.9. The van der Waals surface area contributed by atoms with Crippen LogP contribution >= 0.6 is 11.6 Å². The van der Waals surface area contributed by atoms with Crippen LogP contribution in [0.4, 0.5) is 5.69 Å². The molecule has 0 aliphatic carbocycles. The van der Waals surface area contributed by atoms with Crippen LogP contribution in [0.1, 0.15) is 33.1 Å². The van der Waals surface area contributed by atoms with E-state index < -0.39 is 10.0 Å². The van der Waals surface area contributed by atoms with Crippen LogP contribution in [0.5, 0.6) is 5.75 Å². The fraction of sp³-hybridized carbons (Fsp3) is 0.480. The summed E-state index contributed by atoms with van der Waals surface area (Å²) < 4.78 is 33.4. The Bertz CT molecular complexity index is 1020. The van der Waals surface area contributed by atoms with E-state index in [4.69, 9.17) is 16.3 Å². The first-order valence-corrected chi connectivity index (χ1v) is 13.6. The molecule has 1 aliphatic heterocycles. The summed E-state index contributed by atoms with van der Waals surface area (Å²) in [7, 11) is -3.98. The van der Waals surface area contributed by atoms with E-state index >= 15 is 0 Å². The molecule has 0 spiro atoms. The second-order valence-electron chi connectivity index (χ2n) is 8.62. The Balaban J connectivity index is 1.66. The highest BCUT2D eigenvalue weighted by Crippen LogP contribution is 2.26. The molecular weight excluding hydrogens is 474 g/mol. The first-order valence-electron chi connectivity index (χ1n) is 11.8. The Morgan fingerprint density at radius 2 is 1.76 bits per heavy atom. The van der Waals surface area contributed by atoms with Crippen molar-refractivity contribution in [3.8, 4) is 5.75 Å². The lowest BCUT2D eigenvalue weighted by molar-refractivity contribution is -0.119. The van der Waals surface area contributed by atoms with Gasteiger partial charge < -0.3 is 15.0 Å². The highest BCUT2D eigenvalue weighted by molar-refractivity contribution is 7.92. The number of anilines is 1. The molecule has 1 saturated heterocycles. The van der Waals surface area contributed by atoms with Crippen LogP contribution in [0, 0.1) is 5.92 Å². The summed E-state index contributed by atoms with van der Waals surface area (Å²) >= 11 is 5.93. The van der Waals surface area contributed by atoms with Gasteiger partial charge >= 0.3 is 0 Å². The number of piperidine rings is 1. The van der Waals surface area contributed by atoms with Crippen molar-refractivity contribution in [1.82, 2.24) is 10.2 Å². The number of sulfonamides is 1. The van der Waals surface area contributed by atoms with Crippen LogP contribution < -0.4 is 14.4 Å².